The van der Waals surface area contributed by atoms with E-state index in [1.807, 2.05) is 18.2 Å². The third-order valence-electron chi connectivity index (χ3n) is 3.03. The van der Waals surface area contributed by atoms with Crippen LogP contribution in [0.5, 0.6) is 0 Å². The van der Waals surface area contributed by atoms with Crippen molar-refractivity contribution in [1.29, 1.82) is 0 Å². The molecule has 0 saturated heterocycles. The smallest absolute Gasteiger partial charge is 0.339 e. The molecule has 2 aromatic rings. The third-order valence-corrected chi connectivity index (χ3v) is 3.34. The van der Waals surface area contributed by atoms with Crippen LogP contribution in [0.1, 0.15) is 22.3 Å². The van der Waals surface area contributed by atoms with E-state index in [9.17, 15) is 4.79 Å². The van der Waals surface area contributed by atoms with Crippen molar-refractivity contribution in [1.82, 2.24) is 0 Å². The molecular formula is C16H16ClNO2. The molecule has 104 valence electrons. The predicted molar refractivity (Wildman–Crippen MR) is 81.7 cm³/mol. The molecular weight excluding hydrogens is 274 g/mol. The molecule has 0 aliphatic heterocycles. The van der Waals surface area contributed by atoms with Crippen molar-refractivity contribution in [2.45, 2.75) is 12.8 Å². The van der Waals surface area contributed by atoms with Crippen molar-refractivity contribution in [3.8, 4) is 0 Å². The molecule has 0 aliphatic rings. The maximum absolute atomic E-state index is 11.2. The van der Waals surface area contributed by atoms with Crippen LogP contribution in [0.3, 0.4) is 0 Å². The second-order valence-electron chi connectivity index (χ2n) is 4.48. The number of carboxylic acid groups (broad SMARTS) is 1. The number of carboxylic acids is 1. The summed E-state index contributed by atoms with van der Waals surface area (Å²) in [6.07, 6.45) is 1.88. The summed E-state index contributed by atoms with van der Waals surface area (Å²) >= 11 is 5.91. The minimum Gasteiger partial charge on any atom is -0.478 e. The van der Waals surface area contributed by atoms with Gasteiger partial charge in [-0.25, -0.2) is 4.79 Å². The number of hydrogen-bond donors (Lipinski definition) is 2. The topological polar surface area (TPSA) is 49.3 Å². The van der Waals surface area contributed by atoms with Crippen molar-refractivity contribution >= 4 is 23.3 Å². The normalized spacial score (nSPS) is 10.2. The molecule has 2 rings (SSSR count). The molecule has 0 atom stereocenters. The second kappa shape index (κ2) is 6.96. The van der Waals surface area contributed by atoms with Crippen LogP contribution in [0, 0.1) is 0 Å². The maximum atomic E-state index is 11.2. The van der Waals surface area contributed by atoms with Gasteiger partial charge in [-0.3, -0.25) is 0 Å². The molecule has 0 saturated carbocycles. The van der Waals surface area contributed by atoms with E-state index < -0.39 is 5.97 Å². The zero-order chi connectivity index (χ0) is 14.4. The molecule has 2 aromatic carbocycles. The number of anilines is 1. The summed E-state index contributed by atoms with van der Waals surface area (Å²) in [5, 5.41) is 12.6. The van der Waals surface area contributed by atoms with E-state index in [0.717, 1.165) is 12.8 Å². The lowest BCUT2D eigenvalue weighted by molar-refractivity contribution is 0.0698. The summed E-state index contributed by atoms with van der Waals surface area (Å²) in [5.41, 5.74) is 1.98. The summed E-state index contributed by atoms with van der Waals surface area (Å²) in [6.45, 7) is 0.704. The highest BCUT2D eigenvalue weighted by atomic mass is 35.5. The van der Waals surface area contributed by atoms with Crippen LogP contribution in [0.25, 0.3) is 0 Å². The van der Waals surface area contributed by atoms with Gasteiger partial charge in [0.25, 0.3) is 0 Å². The maximum Gasteiger partial charge on any atom is 0.339 e. The Hall–Kier alpha value is -2.00. The lowest BCUT2D eigenvalue weighted by Crippen LogP contribution is -2.08. The first kappa shape index (κ1) is 14.4. The van der Waals surface area contributed by atoms with E-state index in [2.05, 4.69) is 17.4 Å². The number of carbonyl (C=O) groups is 1. The van der Waals surface area contributed by atoms with Gasteiger partial charge in [0.1, 0.15) is 5.56 Å². The van der Waals surface area contributed by atoms with Crippen LogP contribution in [0.4, 0.5) is 5.69 Å². The van der Waals surface area contributed by atoms with E-state index in [1.165, 1.54) is 5.56 Å². The average molecular weight is 290 g/mol. The van der Waals surface area contributed by atoms with Gasteiger partial charge in [0, 0.05) is 6.54 Å². The summed E-state index contributed by atoms with van der Waals surface area (Å²) in [4.78, 5) is 11.2. The first-order valence-electron chi connectivity index (χ1n) is 6.48. The van der Waals surface area contributed by atoms with Gasteiger partial charge in [-0.1, -0.05) is 48.0 Å². The zero-order valence-electron chi connectivity index (χ0n) is 11.0. The molecule has 0 fully saturated rings. The Labute approximate surface area is 123 Å². The molecule has 0 aromatic heterocycles. The number of nitrogens with one attached hydrogen (secondary N) is 1. The van der Waals surface area contributed by atoms with Crippen LogP contribution >= 0.6 is 11.6 Å². The molecule has 4 heteroatoms. The molecule has 0 heterocycles. The van der Waals surface area contributed by atoms with Crippen LogP contribution in [0.2, 0.25) is 5.02 Å². The molecule has 0 bridgehead atoms. The quantitative estimate of drug-likeness (QED) is 0.788. The number of halogens is 1. The Morgan fingerprint density at radius 3 is 2.55 bits per heavy atom. The average Bonchev–Trinajstić information content (AvgIpc) is 2.44. The number of aryl methyl sites for hydroxylation is 1. The Morgan fingerprint density at radius 2 is 1.85 bits per heavy atom. The Balaban J connectivity index is 1.92. The number of rotatable bonds is 6. The molecule has 0 spiro atoms. The monoisotopic (exact) mass is 289 g/mol. The fourth-order valence-electron chi connectivity index (χ4n) is 2.05. The molecule has 2 N–H and O–H groups in total. The standard InChI is InChI=1S/C16H16ClNO2/c17-13-9-4-10-14(15(13)16(19)20)18-11-5-8-12-6-2-1-3-7-12/h1-4,6-7,9-10,18H,5,8,11H2,(H,19,20). The Bertz CT molecular complexity index is 584. The van der Waals surface area contributed by atoms with Gasteiger partial charge in [-0.05, 0) is 30.5 Å². The van der Waals surface area contributed by atoms with Gasteiger partial charge in [0.2, 0.25) is 0 Å². The van der Waals surface area contributed by atoms with Crippen molar-refractivity contribution in [2.24, 2.45) is 0 Å². The van der Waals surface area contributed by atoms with E-state index in [4.69, 9.17) is 16.7 Å². The highest BCUT2D eigenvalue weighted by Gasteiger charge is 2.13. The Kier molecular flexibility index (Phi) is 5.02. The van der Waals surface area contributed by atoms with Gasteiger partial charge < -0.3 is 10.4 Å². The van der Waals surface area contributed by atoms with E-state index >= 15 is 0 Å². The largest absolute Gasteiger partial charge is 0.478 e. The van der Waals surface area contributed by atoms with Gasteiger partial charge in [0.05, 0.1) is 10.7 Å². The van der Waals surface area contributed by atoms with E-state index in [0.29, 0.717) is 12.2 Å². The van der Waals surface area contributed by atoms with E-state index in [-0.39, 0.29) is 10.6 Å². The first-order chi connectivity index (χ1) is 9.68. The third kappa shape index (κ3) is 3.75. The summed E-state index contributed by atoms with van der Waals surface area (Å²) < 4.78 is 0. The molecule has 0 amide bonds. The van der Waals surface area contributed by atoms with Crippen LogP contribution in [0.15, 0.2) is 48.5 Å². The van der Waals surface area contributed by atoms with Crippen LogP contribution in [-0.2, 0) is 6.42 Å². The Morgan fingerprint density at radius 1 is 1.10 bits per heavy atom. The zero-order valence-corrected chi connectivity index (χ0v) is 11.7. The molecule has 3 nitrogen and oxygen atoms in total. The SMILES string of the molecule is O=C(O)c1c(Cl)cccc1NCCCc1ccccc1. The number of benzene rings is 2. The minimum atomic E-state index is -1.01. The second-order valence-corrected chi connectivity index (χ2v) is 4.89. The first-order valence-corrected chi connectivity index (χ1v) is 6.86. The molecule has 20 heavy (non-hydrogen) atoms. The van der Waals surface area contributed by atoms with Gasteiger partial charge in [0.15, 0.2) is 0 Å². The van der Waals surface area contributed by atoms with Crippen molar-refractivity contribution in [3.63, 3.8) is 0 Å². The van der Waals surface area contributed by atoms with E-state index in [1.54, 1.807) is 18.2 Å². The highest BCUT2D eigenvalue weighted by Crippen LogP contribution is 2.24. The highest BCUT2D eigenvalue weighted by molar-refractivity contribution is 6.34. The predicted octanol–water partition coefficient (Wildman–Crippen LogP) is 4.08. The van der Waals surface area contributed by atoms with Crippen molar-refractivity contribution in [3.05, 3.63) is 64.7 Å². The fraction of sp³-hybridized carbons (Fsp3) is 0.188. The van der Waals surface area contributed by atoms with Gasteiger partial charge in [-0.15, -0.1) is 0 Å². The van der Waals surface area contributed by atoms with Crippen LogP contribution < -0.4 is 5.32 Å². The summed E-state index contributed by atoms with van der Waals surface area (Å²) in [6, 6.07) is 15.3. The lowest BCUT2D eigenvalue weighted by Gasteiger charge is -2.10. The van der Waals surface area contributed by atoms with Crippen LogP contribution in [-0.4, -0.2) is 17.6 Å². The minimum absolute atomic E-state index is 0.133. The van der Waals surface area contributed by atoms with Gasteiger partial charge in [-0.2, -0.15) is 0 Å². The fourth-order valence-corrected chi connectivity index (χ4v) is 2.30. The molecule has 0 aliphatic carbocycles. The molecule has 0 radical (unpaired) electrons. The number of aromatic carboxylic acids is 1. The van der Waals surface area contributed by atoms with Crippen molar-refractivity contribution in [2.75, 3.05) is 11.9 Å². The summed E-state index contributed by atoms with van der Waals surface area (Å²) in [5.74, 6) is -1.01. The van der Waals surface area contributed by atoms with Crippen molar-refractivity contribution < 1.29 is 9.90 Å². The molecule has 0 unspecified atom stereocenters. The lowest BCUT2D eigenvalue weighted by atomic mass is 10.1. The number of hydrogen-bond acceptors (Lipinski definition) is 2. The van der Waals surface area contributed by atoms with Gasteiger partial charge >= 0.3 is 5.97 Å². The summed E-state index contributed by atoms with van der Waals surface area (Å²) in [7, 11) is 0.